The normalized spacial score (nSPS) is 11.3. The first-order valence-corrected chi connectivity index (χ1v) is 13.9. The van der Waals surface area contributed by atoms with E-state index in [1.807, 2.05) is 61.5 Å². The van der Waals surface area contributed by atoms with Crippen LogP contribution < -0.4 is 16.3 Å². The second-order valence-electron chi connectivity index (χ2n) is 9.31. The standard InChI is InChI=1S/C32H27N5O3S/c1-21-12-18-26(19-13-21)37-31(40)27-10-6-7-11-28(27)34-32(37)41-20-29(38)33-25-16-14-23(15-17-25)22(2)35-36-30(39)24-8-4-3-5-9-24/h3-19H,20H2,1-2H3,(H,33,38)(H,36,39)/b35-22+. The molecule has 204 valence electrons. The molecular weight excluding hydrogens is 534 g/mol. The monoisotopic (exact) mass is 561 g/mol. The zero-order chi connectivity index (χ0) is 28.8. The van der Waals surface area contributed by atoms with Crippen molar-refractivity contribution in [2.75, 3.05) is 11.1 Å². The lowest BCUT2D eigenvalue weighted by atomic mass is 10.1. The molecule has 41 heavy (non-hydrogen) atoms. The molecule has 0 atom stereocenters. The van der Waals surface area contributed by atoms with Gasteiger partial charge in [-0.3, -0.25) is 19.0 Å². The molecule has 5 aromatic rings. The van der Waals surface area contributed by atoms with Crippen LogP contribution in [0.15, 0.2) is 118 Å². The number of benzene rings is 4. The van der Waals surface area contributed by atoms with Crippen molar-refractivity contribution < 1.29 is 9.59 Å². The third-order valence-electron chi connectivity index (χ3n) is 6.32. The van der Waals surface area contributed by atoms with E-state index in [2.05, 4.69) is 15.8 Å². The van der Waals surface area contributed by atoms with E-state index in [0.29, 0.717) is 38.7 Å². The molecule has 0 bridgehead atoms. The van der Waals surface area contributed by atoms with Crippen LogP contribution in [0, 0.1) is 6.92 Å². The fourth-order valence-electron chi connectivity index (χ4n) is 4.11. The third kappa shape index (κ3) is 6.59. The van der Waals surface area contributed by atoms with Crippen molar-refractivity contribution in [3.05, 3.63) is 130 Å². The highest BCUT2D eigenvalue weighted by Crippen LogP contribution is 2.22. The molecule has 0 aliphatic heterocycles. The number of hydrogen-bond donors (Lipinski definition) is 2. The minimum absolute atomic E-state index is 0.0599. The Bertz CT molecular complexity index is 1800. The van der Waals surface area contributed by atoms with Gasteiger partial charge in [-0.25, -0.2) is 10.4 Å². The Morgan fingerprint density at radius 3 is 2.27 bits per heavy atom. The largest absolute Gasteiger partial charge is 0.325 e. The molecule has 1 aromatic heterocycles. The summed E-state index contributed by atoms with van der Waals surface area (Å²) in [7, 11) is 0. The fourth-order valence-corrected chi connectivity index (χ4v) is 4.92. The van der Waals surface area contributed by atoms with Crippen LogP contribution in [0.2, 0.25) is 0 Å². The summed E-state index contributed by atoms with van der Waals surface area (Å²) < 4.78 is 1.55. The molecule has 0 aliphatic rings. The maximum atomic E-state index is 13.4. The molecule has 5 rings (SSSR count). The SMILES string of the molecule is C/C(=N\NC(=O)c1ccccc1)c1ccc(NC(=O)CSc2nc3ccccc3c(=O)n2-c2ccc(C)cc2)cc1. The number of nitrogens with zero attached hydrogens (tertiary/aromatic N) is 3. The van der Waals surface area contributed by atoms with Crippen LogP contribution in [0.1, 0.15) is 28.4 Å². The Morgan fingerprint density at radius 2 is 1.54 bits per heavy atom. The van der Waals surface area contributed by atoms with Crippen LogP contribution in [0.5, 0.6) is 0 Å². The lowest BCUT2D eigenvalue weighted by Gasteiger charge is -2.13. The van der Waals surface area contributed by atoms with Crippen molar-refractivity contribution in [2.24, 2.45) is 5.10 Å². The molecule has 0 fully saturated rings. The van der Waals surface area contributed by atoms with Crippen LogP contribution in [0.25, 0.3) is 16.6 Å². The van der Waals surface area contributed by atoms with Crippen molar-refractivity contribution in [3.8, 4) is 5.69 Å². The van der Waals surface area contributed by atoms with Gasteiger partial charge >= 0.3 is 0 Å². The summed E-state index contributed by atoms with van der Waals surface area (Å²) in [4.78, 5) is 43.2. The Kier molecular flexibility index (Phi) is 8.36. The average Bonchev–Trinajstić information content (AvgIpc) is 3.00. The smallest absolute Gasteiger partial charge is 0.271 e. The number of nitrogens with one attached hydrogen (secondary N) is 2. The summed E-state index contributed by atoms with van der Waals surface area (Å²) in [6.45, 7) is 3.77. The summed E-state index contributed by atoms with van der Waals surface area (Å²) in [5, 5.41) is 8.02. The highest BCUT2D eigenvalue weighted by molar-refractivity contribution is 7.99. The van der Waals surface area contributed by atoms with Crippen LogP contribution >= 0.6 is 11.8 Å². The molecular formula is C32H27N5O3S. The van der Waals surface area contributed by atoms with Gasteiger partial charge in [0.2, 0.25) is 5.91 Å². The van der Waals surface area contributed by atoms with Gasteiger partial charge in [0.05, 0.1) is 28.1 Å². The number of aromatic nitrogens is 2. The van der Waals surface area contributed by atoms with Crippen LogP contribution in [0.3, 0.4) is 0 Å². The van der Waals surface area contributed by atoms with Gasteiger partial charge in [0.25, 0.3) is 11.5 Å². The quantitative estimate of drug-likeness (QED) is 0.111. The molecule has 4 aromatic carbocycles. The zero-order valence-corrected chi connectivity index (χ0v) is 23.3. The second kappa shape index (κ2) is 12.4. The van der Waals surface area contributed by atoms with Gasteiger partial charge < -0.3 is 5.32 Å². The molecule has 9 heteroatoms. The number of rotatable bonds is 8. The van der Waals surface area contributed by atoms with Gasteiger partial charge in [-0.2, -0.15) is 5.10 Å². The maximum absolute atomic E-state index is 13.4. The molecule has 1 heterocycles. The summed E-state index contributed by atoms with van der Waals surface area (Å²) in [6, 6.07) is 30.8. The average molecular weight is 562 g/mol. The molecule has 0 spiro atoms. The summed E-state index contributed by atoms with van der Waals surface area (Å²) >= 11 is 1.20. The number of fused-ring (bicyclic) bond motifs is 1. The number of anilines is 1. The maximum Gasteiger partial charge on any atom is 0.271 e. The predicted octanol–water partition coefficient (Wildman–Crippen LogP) is 5.58. The number of carbonyl (C=O) groups excluding carboxylic acids is 2. The van der Waals surface area contributed by atoms with Crippen molar-refractivity contribution >= 4 is 45.9 Å². The fraction of sp³-hybridized carbons (Fsp3) is 0.0938. The Morgan fingerprint density at radius 1 is 0.854 bits per heavy atom. The number of hydrogen-bond acceptors (Lipinski definition) is 6. The van der Waals surface area contributed by atoms with Crippen LogP contribution in [0.4, 0.5) is 5.69 Å². The van der Waals surface area contributed by atoms with E-state index in [0.717, 1.165) is 11.1 Å². The first kappa shape index (κ1) is 27.5. The first-order valence-electron chi connectivity index (χ1n) is 12.9. The molecule has 2 amide bonds. The molecule has 0 saturated carbocycles. The van der Waals surface area contributed by atoms with Crippen molar-refractivity contribution in [1.82, 2.24) is 15.0 Å². The second-order valence-corrected chi connectivity index (χ2v) is 10.2. The molecule has 0 unspecified atom stereocenters. The number of aryl methyl sites for hydroxylation is 1. The zero-order valence-electron chi connectivity index (χ0n) is 22.5. The van der Waals surface area contributed by atoms with E-state index in [9.17, 15) is 14.4 Å². The Labute approximate surface area is 241 Å². The third-order valence-corrected chi connectivity index (χ3v) is 7.26. The summed E-state index contributed by atoms with van der Waals surface area (Å²) in [6.07, 6.45) is 0. The van der Waals surface area contributed by atoms with E-state index >= 15 is 0 Å². The highest BCUT2D eigenvalue weighted by atomic mass is 32.2. The van der Waals surface area contributed by atoms with Gasteiger partial charge in [0, 0.05) is 11.3 Å². The molecule has 0 saturated heterocycles. The number of thioether (sulfide) groups is 1. The summed E-state index contributed by atoms with van der Waals surface area (Å²) in [5.41, 5.74) is 7.28. The lowest BCUT2D eigenvalue weighted by Crippen LogP contribution is -2.23. The lowest BCUT2D eigenvalue weighted by molar-refractivity contribution is -0.113. The topological polar surface area (TPSA) is 105 Å². The van der Waals surface area contributed by atoms with Gasteiger partial charge in [0.15, 0.2) is 5.16 Å². The van der Waals surface area contributed by atoms with E-state index in [4.69, 9.17) is 4.98 Å². The molecule has 2 N–H and O–H groups in total. The van der Waals surface area contributed by atoms with Gasteiger partial charge in [0.1, 0.15) is 0 Å². The molecule has 0 radical (unpaired) electrons. The first-order chi connectivity index (χ1) is 19.9. The number of hydrazone groups is 1. The van der Waals surface area contributed by atoms with E-state index in [-0.39, 0.29) is 23.1 Å². The predicted molar refractivity (Wildman–Crippen MR) is 164 cm³/mol. The van der Waals surface area contributed by atoms with Crippen LogP contribution in [-0.4, -0.2) is 32.8 Å². The Hall–Kier alpha value is -5.02. The molecule has 8 nitrogen and oxygen atoms in total. The number of carbonyl (C=O) groups is 2. The number of para-hydroxylation sites is 1. The van der Waals surface area contributed by atoms with E-state index in [1.54, 1.807) is 60.0 Å². The molecule has 0 aliphatic carbocycles. The number of amides is 2. The van der Waals surface area contributed by atoms with Crippen LogP contribution in [-0.2, 0) is 4.79 Å². The minimum Gasteiger partial charge on any atom is -0.325 e. The van der Waals surface area contributed by atoms with Crippen molar-refractivity contribution in [2.45, 2.75) is 19.0 Å². The van der Waals surface area contributed by atoms with E-state index < -0.39 is 0 Å². The van der Waals surface area contributed by atoms with Crippen molar-refractivity contribution in [1.29, 1.82) is 0 Å². The summed E-state index contributed by atoms with van der Waals surface area (Å²) in [5.74, 6) is -0.467. The van der Waals surface area contributed by atoms with Gasteiger partial charge in [-0.1, -0.05) is 71.9 Å². The highest BCUT2D eigenvalue weighted by Gasteiger charge is 2.15. The van der Waals surface area contributed by atoms with E-state index in [1.165, 1.54) is 11.8 Å². The van der Waals surface area contributed by atoms with Gasteiger partial charge in [-0.15, -0.1) is 0 Å². The Balaban J connectivity index is 1.26. The van der Waals surface area contributed by atoms with Crippen molar-refractivity contribution in [3.63, 3.8) is 0 Å². The van der Waals surface area contributed by atoms with Gasteiger partial charge in [-0.05, 0) is 67.9 Å². The minimum atomic E-state index is -0.292.